The number of rotatable bonds is 5. The molecule has 0 fully saturated rings. The average Bonchev–Trinajstić information content (AvgIpc) is 3.09. The smallest absolute Gasteiger partial charge is 0.252 e. The molecule has 0 radical (unpaired) electrons. The molecule has 120 valence electrons. The maximum Gasteiger partial charge on any atom is 0.252 e. The number of carbonyl (C=O) groups excluding carboxylic acids is 2. The molecule has 9 heteroatoms. The quantitative estimate of drug-likeness (QED) is 0.845. The van der Waals surface area contributed by atoms with Crippen molar-refractivity contribution in [3.05, 3.63) is 24.5 Å². The number of anilines is 2. The van der Waals surface area contributed by atoms with Crippen molar-refractivity contribution in [1.29, 1.82) is 0 Å². The highest BCUT2D eigenvalue weighted by Gasteiger charge is 2.33. The Balaban J connectivity index is 1.72. The number of amides is 2. The molecular weight excluding hydrogens is 302 g/mol. The van der Waals surface area contributed by atoms with Crippen LogP contribution >= 0.6 is 0 Å². The minimum atomic E-state index is -0.708. The van der Waals surface area contributed by atoms with Crippen LogP contribution in [0.25, 0.3) is 0 Å². The van der Waals surface area contributed by atoms with Crippen LogP contribution in [0.3, 0.4) is 0 Å². The molecule has 2 aromatic rings. The molecule has 0 saturated heterocycles. The maximum atomic E-state index is 12.2. The third kappa shape index (κ3) is 2.93. The van der Waals surface area contributed by atoms with Crippen LogP contribution in [0.15, 0.2) is 24.5 Å². The Morgan fingerprint density at radius 3 is 2.65 bits per heavy atom. The molecule has 1 aromatic heterocycles. The number of fused-ring (bicyclic) bond motifs is 1. The van der Waals surface area contributed by atoms with Crippen molar-refractivity contribution in [2.24, 2.45) is 0 Å². The number of nitrogens with zero attached hydrogens (tertiary/aromatic N) is 3. The minimum Gasteiger partial charge on any atom is -0.497 e. The van der Waals surface area contributed by atoms with E-state index in [0.29, 0.717) is 23.1 Å². The van der Waals surface area contributed by atoms with Crippen molar-refractivity contribution in [2.75, 3.05) is 24.9 Å². The lowest BCUT2D eigenvalue weighted by Crippen LogP contribution is -2.23. The van der Waals surface area contributed by atoms with Gasteiger partial charge in [0.2, 0.25) is 11.9 Å². The van der Waals surface area contributed by atoms with Gasteiger partial charge in [-0.3, -0.25) is 14.9 Å². The predicted molar refractivity (Wildman–Crippen MR) is 80.5 cm³/mol. The zero-order valence-electron chi connectivity index (χ0n) is 12.6. The van der Waals surface area contributed by atoms with Gasteiger partial charge in [0, 0.05) is 23.9 Å². The molecule has 2 amide bonds. The van der Waals surface area contributed by atoms with E-state index in [1.54, 1.807) is 18.2 Å². The Hall–Kier alpha value is -3.10. The highest BCUT2D eigenvalue weighted by Crippen LogP contribution is 2.27. The molecule has 3 rings (SSSR count). The van der Waals surface area contributed by atoms with Crippen molar-refractivity contribution < 1.29 is 19.1 Å². The number of methoxy groups -OCH3 is 2. The van der Waals surface area contributed by atoms with E-state index in [9.17, 15) is 9.59 Å². The molecule has 23 heavy (non-hydrogen) atoms. The Morgan fingerprint density at radius 2 is 2.00 bits per heavy atom. The number of aromatic nitrogens is 3. The molecule has 1 atom stereocenters. The highest BCUT2D eigenvalue weighted by atomic mass is 16.5. The average molecular weight is 317 g/mol. The summed E-state index contributed by atoms with van der Waals surface area (Å²) >= 11 is 0. The third-order valence-electron chi connectivity index (χ3n) is 3.42. The largest absolute Gasteiger partial charge is 0.497 e. The fraction of sp³-hybridized carbons (Fsp3) is 0.286. The van der Waals surface area contributed by atoms with Crippen molar-refractivity contribution in [3.63, 3.8) is 0 Å². The van der Waals surface area contributed by atoms with E-state index in [1.165, 1.54) is 25.2 Å². The molecule has 0 bridgehead atoms. The molecule has 1 aliphatic rings. The second-order valence-corrected chi connectivity index (χ2v) is 4.89. The molecule has 0 aliphatic carbocycles. The second-order valence-electron chi connectivity index (χ2n) is 4.89. The van der Waals surface area contributed by atoms with E-state index in [1.807, 2.05) is 0 Å². The zero-order chi connectivity index (χ0) is 16.4. The van der Waals surface area contributed by atoms with Crippen LogP contribution in [-0.4, -0.2) is 40.8 Å². The summed E-state index contributed by atoms with van der Waals surface area (Å²) in [4.78, 5) is 27.9. The normalized spacial score (nSPS) is 15.7. The van der Waals surface area contributed by atoms with Gasteiger partial charge >= 0.3 is 0 Å². The second kappa shape index (κ2) is 5.95. The van der Waals surface area contributed by atoms with E-state index in [0.717, 1.165) is 0 Å². The first kappa shape index (κ1) is 14.8. The molecule has 1 aliphatic heterocycles. The molecule has 1 aromatic carbocycles. The van der Waals surface area contributed by atoms with E-state index in [4.69, 9.17) is 9.47 Å². The van der Waals surface area contributed by atoms with E-state index >= 15 is 0 Å². The lowest BCUT2D eigenvalue weighted by Gasteiger charge is -2.11. The number of hydrogen-bond acceptors (Lipinski definition) is 6. The first-order chi connectivity index (χ1) is 11.1. The van der Waals surface area contributed by atoms with Crippen LogP contribution in [-0.2, 0) is 9.59 Å². The topological polar surface area (TPSA) is 107 Å². The van der Waals surface area contributed by atoms with Crippen molar-refractivity contribution >= 4 is 23.5 Å². The lowest BCUT2D eigenvalue weighted by molar-refractivity contribution is -0.123. The van der Waals surface area contributed by atoms with Gasteiger partial charge in [-0.25, -0.2) is 4.68 Å². The monoisotopic (exact) mass is 317 g/mol. The molecule has 0 saturated carbocycles. The summed E-state index contributed by atoms with van der Waals surface area (Å²) in [5, 5.41) is 9.23. The lowest BCUT2D eigenvalue weighted by atomic mass is 10.2. The summed E-state index contributed by atoms with van der Waals surface area (Å²) in [6.07, 6.45) is 1.27. The van der Waals surface area contributed by atoms with Crippen molar-refractivity contribution in [2.45, 2.75) is 12.5 Å². The Labute approximate surface area is 131 Å². The summed E-state index contributed by atoms with van der Waals surface area (Å²) in [5.74, 6) is 0.812. The van der Waals surface area contributed by atoms with Crippen LogP contribution in [0.2, 0.25) is 0 Å². The number of carbonyl (C=O) groups is 2. The van der Waals surface area contributed by atoms with Gasteiger partial charge in [-0.2, -0.15) is 10.1 Å². The Bertz CT molecular complexity index is 735. The summed E-state index contributed by atoms with van der Waals surface area (Å²) in [5.41, 5.74) is 0.517. The summed E-state index contributed by atoms with van der Waals surface area (Å²) in [6.45, 7) is 0. The highest BCUT2D eigenvalue weighted by molar-refractivity contribution is 6.00. The fourth-order valence-electron chi connectivity index (χ4n) is 2.32. The minimum absolute atomic E-state index is 0.0539. The maximum absolute atomic E-state index is 12.2. The van der Waals surface area contributed by atoms with Crippen LogP contribution < -0.4 is 20.1 Å². The van der Waals surface area contributed by atoms with Gasteiger partial charge < -0.3 is 14.8 Å². The molecule has 2 heterocycles. The number of ether oxygens (including phenoxy) is 2. The van der Waals surface area contributed by atoms with E-state index in [2.05, 4.69) is 20.7 Å². The summed E-state index contributed by atoms with van der Waals surface area (Å²) in [7, 11) is 3.05. The Kier molecular flexibility index (Phi) is 3.83. The van der Waals surface area contributed by atoms with Crippen LogP contribution in [0.1, 0.15) is 12.5 Å². The van der Waals surface area contributed by atoms with Gasteiger partial charge in [0.1, 0.15) is 23.9 Å². The SMILES string of the molecule is COc1cc(NC(=O)C[C@H]2C(=O)Nc3ncnn32)cc(OC)c1. The first-order valence-corrected chi connectivity index (χ1v) is 6.84. The van der Waals surface area contributed by atoms with Crippen molar-refractivity contribution in [1.82, 2.24) is 14.8 Å². The van der Waals surface area contributed by atoms with Gasteiger partial charge in [-0.1, -0.05) is 0 Å². The fourth-order valence-corrected chi connectivity index (χ4v) is 2.32. The molecule has 9 nitrogen and oxygen atoms in total. The third-order valence-corrected chi connectivity index (χ3v) is 3.42. The predicted octanol–water partition coefficient (Wildman–Crippen LogP) is 0.817. The number of nitrogens with one attached hydrogen (secondary N) is 2. The summed E-state index contributed by atoms with van der Waals surface area (Å²) < 4.78 is 11.7. The van der Waals surface area contributed by atoms with Crippen LogP contribution in [0, 0.1) is 0 Å². The Morgan fingerprint density at radius 1 is 1.30 bits per heavy atom. The number of benzene rings is 1. The summed E-state index contributed by atoms with van der Waals surface area (Å²) in [6, 6.07) is 4.31. The van der Waals surface area contributed by atoms with E-state index < -0.39 is 6.04 Å². The van der Waals surface area contributed by atoms with Gasteiger partial charge in [0.05, 0.1) is 20.6 Å². The molecule has 0 spiro atoms. The van der Waals surface area contributed by atoms with Crippen LogP contribution in [0.4, 0.5) is 11.6 Å². The van der Waals surface area contributed by atoms with Gasteiger partial charge in [0.25, 0.3) is 5.91 Å². The molecule has 2 N–H and O–H groups in total. The standard InChI is InChI=1S/C14H15N5O4/c1-22-9-3-8(4-10(5-9)23-2)17-12(20)6-11-13(21)18-14-15-7-16-19(11)14/h3-5,7,11H,6H2,1-2H3,(H,17,20)(H,15,16,18,21)/t11-/m0/s1. The van der Waals surface area contributed by atoms with E-state index in [-0.39, 0.29) is 18.2 Å². The number of hydrogen-bond donors (Lipinski definition) is 2. The van der Waals surface area contributed by atoms with Crippen LogP contribution in [0.5, 0.6) is 11.5 Å². The van der Waals surface area contributed by atoms with Gasteiger partial charge in [-0.05, 0) is 0 Å². The molecular formula is C14H15N5O4. The zero-order valence-corrected chi connectivity index (χ0v) is 12.6. The van der Waals surface area contributed by atoms with Gasteiger partial charge in [0.15, 0.2) is 0 Å². The first-order valence-electron chi connectivity index (χ1n) is 6.84. The molecule has 0 unspecified atom stereocenters. The van der Waals surface area contributed by atoms with Gasteiger partial charge in [-0.15, -0.1) is 0 Å². The van der Waals surface area contributed by atoms with Crippen molar-refractivity contribution in [3.8, 4) is 11.5 Å².